The molecule has 2 aliphatic heterocycles. The van der Waals surface area contributed by atoms with Gasteiger partial charge in [-0.1, -0.05) is 74.5 Å². The van der Waals surface area contributed by atoms with Crippen LogP contribution in [0.3, 0.4) is 0 Å². The molecule has 8 heteroatoms. The summed E-state index contributed by atoms with van der Waals surface area (Å²) in [6.07, 6.45) is 8.31. The van der Waals surface area contributed by atoms with Crippen molar-refractivity contribution in [2.24, 2.45) is 5.41 Å². The van der Waals surface area contributed by atoms with E-state index in [1.165, 1.54) is 12.5 Å². The molecule has 2 amide bonds. The Bertz CT molecular complexity index is 1310. The van der Waals surface area contributed by atoms with Crippen molar-refractivity contribution in [3.8, 4) is 0 Å². The summed E-state index contributed by atoms with van der Waals surface area (Å²) in [4.78, 5) is 28.6. The molecule has 0 bridgehead atoms. The first-order valence-corrected chi connectivity index (χ1v) is 15.0. The lowest BCUT2D eigenvalue weighted by Crippen LogP contribution is -2.61. The van der Waals surface area contributed by atoms with E-state index >= 15 is 4.39 Å². The maximum absolute atomic E-state index is 16.0. The second kappa shape index (κ2) is 9.74. The fraction of sp³-hybridized carbons (Fsp3) is 0.548. The van der Waals surface area contributed by atoms with Crippen LogP contribution in [0.4, 0.5) is 10.1 Å². The van der Waals surface area contributed by atoms with Gasteiger partial charge in [-0.3, -0.25) is 14.9 Å². The van der Waals surface area contributed by atoms with E-state index in [1.807, 2.05) is 6.07 Å². The monoisotopic (exact) mass is 571 g/mol. The smallest absolute Gasteiger partial charge is 0.238 e. The average molecular weight is 573 g/mol. The number of fused-ring (bicyclic) bond motifs is 3. The van der Waals surface area contributed by atoms with Crippen LogP contribution in [-0.4, -0.2) is 29.4 Å². The van der Waals surface area contributed by atoms with Crippen LogP contribution in [-0.2, 0) is 15.0 Å². The molecule has 3 atom stereocenters. The summed E-state index contributed by atoms with van der Waals surface area (Å²) in [5.74, 6) is -1.78. The van der Waals surface area contributed by atoms with Gasteiger partial charge in [-0.25, -0.2) is 4.39 Å². The van der Waals surface area contributed by atoms with E-state index in [2.05, 4.69) is 29.8 Å². The zero-order chi connectivity index (χ0) is 27.6. The molecule has 2 heterocycles. The van der Waals surface area contributed by atoms with Gasteiger partial charge >= 0.3 is 0 Å². The third kappa shape index (κ3) is 4.20. The Labute approximate surface area is 239 Å². The van der Waals surface area contributed by atoms with Crippen molar-refractivity contribution in [3.05, 3.63) is 63.4 Å². The molecule has 0 aromatic heterocycles. The van der Waals surface area contributed by atoms with Gasteiger partial charge in [-0.05, 0) is 73.3 Å². The topological polar surface area (TPSA) is 70.2 Å². The van der Waals surface area contributed by atoms with Crippen molar-refractivity contribution >= 4 is 40.7 Å². The lowest BCUT2D eigenvalue weighted by molar-refractivity contribution is -0.125. The average Bonchev–Trinajstić information content (AvgIpc) is 3.36. The molecule has 1 saturated heterocycles. The summed E-state index contributed by atoms with van der Waals surface area (Å²) in [5, 5.41) is 10.6. The highest BCUT2D eigenvalue weighted by Gasteiger charge is 2.73. The van der Waals surface area contributed by atoms with Crippen molar-refractivity contribution in [3.63, 3.8) is 0 Å². The number of halogens is 3. The van der Waals surface area contributed by atoms with Gasteiger partial charge in [0.1, 0.15) is 11.2 Å². The quantitative estimate of drug-likeness (QED) is 0.376. The van der Waals surface area contributed by atoms with E-state index in [1.54, 1.807) is 24.3 Å². The van der Waals surface area contributed by atoms with Crippen LogP contribution >= 0.6 is 23.2 Å². The number of carbonyl (C=O) groups excluding carboxylic acids is 2. The number of hydrogen-bond acceptors (Lipinski definition) is 3. The molecule has 1 unspecified atom stereocenters. The Balaban J connectivity index is 1.56. The van der Waals surface area contributed by atoms with E-state index in [4.69, 9.17) is 23.2 Å². The predicted molar refractivity (Wildman–Crippen MR) is 153 cm³/mol. The van der Waals surface area contributed by atoms with Gasteiger partial charge in [-0.2, -0.15) is 0 Å². The van der Waals surface area contributed by atoms with Crippen LogP contribution in [0.25, 0.3) is 0 Å². The molecule has 6 rings (SSSR count). The first-order valence-electron chi connectivity index (χ1n) is 14.2. The van der Waals surface area contributed by atoms with Gasteiger partial charge in [0.15, 0.2) is 0 Å². The van der Waals surface area contributed by atoms with Crippen LogP contribution in [0.2, 0.25) is 10.0 Å². The van der Waals surface area contributed by atoms with E-state index < -0.39 is 28.7 Å². The molecule has 3 fully saturated rings. The number of nitrogens with one attached hydrogen (secondary N) is 3. The lowest BCUT2D eigenvalue weighted by Gasteiger charge is -2.50. The molecule has 5 nitrogen and oxygen atoms in total. The van der Waals surface area contributed by atoms with E-state index in [0.717, 1.165) is 44.1 Å². The first kappa shape index (κ1) is 27.0. The van der Waals surface area contributed by atoms with Crippen molar-refractivity contribution in [1.29, 1.82) is 0 Å². The fourth-order valence-electron chi connectivity index (χ4n) is 7.95. The summed E-state index contributed by atoms with van der Waals surface area (Å²) in [6, 6.07) is 9.59. The maximum Gasteiger partial charge on any atom is 0.238 e. The maximum atomic E-state index is 16.0. The molecule has 2 aromatic rings. The molecule has 39 heavy (non-hydrogen) atoms. The molecule has 208 valence electrons. The minimum Gasteiger partial charge on any atom is -0.352 e. The summed E-state index contributed by atoms with van der Waals surface area (Å²) < 4.78 is 16.0. The second-order valence-corrected chi connectivity index (χ2v) is 13.6. The Hall–Kier alpha value is -2.15. The minimum absolute atomic E-state index is 0.0189. The largest absolute Gasteiger partial charge is 0.352 e. The summed E-state index contributed by atoms with van der Waals surface area (Å²) >= 11 is 12.7. The zero-order valence-electron chi connectivity index (χ0n) is 22.5. The second-order valence-electron chi connectivity index (χ2n) is 12.8. The van der Waals surface area contributed by atoms with Gasteiger partial charge in [0.05, 0.1) is 11.1 Å². The molecule has 2 saturated carbocycles. The van der Waals surface area contributed by atoms with Crippen molar-refractivity contribution in [2.45, 2.75) is 101 Å². The molecular weight excluding hydrogens is 536 g/mol. The van der Waals surface area contributed by atoms with Crippen LogP contribution < -0.4 is 16.0 Å². The van der Waals surface area contributed by atoms with Crippen LogP contribution in [0, 0.1) is 11.2 Å². The van der Waals surface area contributed by atoms with Crippen molar-refractivity contribution in [2.75, 3.05) is 5.32 Å². The summed E-state index contributed by atoms with van der Waals surface area (Å²) in [6.45, 7) is 4.48. The SMILES string of the molecule is CC1(C)CCC2(CC1)NC(C(=O)NC1CCCCC1)[C@H](c1cccc(Cl)c1F)[C@]21C(=O)Nc2cc(Cl)ccc21. The third-order valence-electron chi connectivity index (χ3n) is 10.0. The van der Waals surface area contributed by atoms with Gasteiger partial charge < -0.3 is 10.6 Å². The Morgan fingerprint density at radius 1 is 1.03 bits per heavy atom. The van der Waals surface area contributed by atoms with Crippen LogP contribution in [0.5, 0.6) is 0 Å². The fourth-order valence-corrected chi connectivity index (χ4v) is 8.31. The van der Waals surface area contributed by atoms with Gasteiger partial charge in [0, 0.05) is 28.2 Å². The molecular formula is C31H36Cl2FN3O2. The van der Waals surface area contributed by atoms with Gasteiger partial charge in [0.25, 0.3) is 0 Å². The Kier molecular flexibility index (Phi) is 6.76. The molecule has 2 spiro atoms. The minimum atomic E-state index is -1.22. The number of hydrogen-bond donors (Lipinski definition) is 3. The molecule has 4 aliphatic rings. The van der Waals surface area contributed by atoms with Gasteiger partial charge in [0.2, 0.25) is 11.8 Å². The Morgan fingerprint density at radius 2 is 1.74 bits per heavy atom. The zero-order valence-corrected chi connectivity index (χ0v) is 24.0. The molecule has 0 radical (unpaired) electrons. The Morgan fingerprint density at radius 3 is 2.46 bits per heavy atom. The van der Waals surface area contributed by atoms with Crippen molar-refractivity contribution in [1.82, 2.24) is 10.6 Å². The first-order chi connectivity index (χ1) is 18.6. The highest BCUT2D eigenvalue weighted by Crippen LogP contribution is 2.64. The van der Waals surface area contributed by atoms with E-state index in [9.17, 15) is 9.59 Å². The summed E-state index contributed by atoms with van der Waals surface area (Å²) in [7, 11) is 0. The normalized spacial score (nSPS) is 29.4. The van der Waals surface area contributed by atoms with Crippen LogP contribution in [0.1, 0.15) is 88.7 Å². The molecule has 2 aliphatic carbocycles. The number of rotatable bonds is 3. The predicted octanol–water partition coefficient (Wildman–Crippen LogP) is 6.87. The van der Waals surface area contributed by atoms with E-state index in [0.29, 0.717) is 29.1 Å². The molecule has 2 aromatic carbocycles. The van der Waals surface area contributed by atoms with E-state index in [-0.39, 0.29) is 28.3 Å². The van der Waals surface area contributed by atoms with Crippen molar-refractivity contribution < 1.29 is 14.0 Å². The summed E-state index contributed by atoms with van der Waals surface area (Å²) in [5.41, 5.74) is -0.187. The number of benzene rings is 2. The lowest BCUT2D eigenvalue weighted by atomic mass is 9.53. The highest BCUT2D eigenvalue weighted by atomic mass is 35.5. The molecule has 3 N–H and O–H groups in total. The third-order valence-corrected chi connectivity index (χ3v) is 10.5. The highest BCUT2D eigenvalue weighted by molar-refractivity contribution is 6.31. The number of anilines is 1. The number of carbonyl (C=O) groups is 2. The van der Waals surface area contributed by atoms with Crippen LogP contribution in [0.15, 0.2) is 36.4 Å². The number of amides is 2. The standard InChI is InChI=1S/C31H36Cl2FN3O2/c1-29(2)13-15-30(16-14-29)31(21-12-11-18(32)17-23(21)36-28(31)39)24(20-9-6-10-22(33)25(20)34)26(37-30)27(38)35-19-7-4-3-5-8-19/h6,9-12,17,19,24,26,37H,3-5,7-8,13-16H2,1-2H3,(H,35,38)(H,36,39)/t24-,26?,31+/m0/s1. The van der Waals surface area contributed by atoms with Gasteiger partial charge in [-0.15, -0.1) is 0 Å².